The zero-order valence-corrected chi connectivity index (χ0v) is 23.5. The number of hydrogen-bond donors (Lipinski definition) is 1. The number of benzene rings is 2. The van der Waals surface area contributed by atoms with Crippen LogP contribution in [0.25, 0.3) is 10.9 Å². The Balaban J connectivity index is 1.33. The fourth-order valence-electron chi connectivity index (χ4n) is 5.10. The van der Waals surface area contributed by atoms with Gasteiger partial charge in [-0.15, -0.1) is 0 Å². The molecule has 3 heterocycles. The predicted octanol–water partition coefficient (Wildman–Crippen LogP) is 6.94. The van der Waals surface area contributed by atoms with E-state index in [4.69, 9.17) is 32.7 Å². The number of nitrogens with zero attached hydrogens (tertiary/aromatic N) is 3. The number of pyridine rings is 1. The summed E-state index contributed by atoms with van der Waals surface area (Å²) in [6.45, 7) is 2.92. The third-order valence-electron chi connectivity index (χ3n) is 6.92. The van der Waals surface area contributed by atoms with E-state index in [2.05, 4.69) is 4.98 Å². The Hall–Kier alpha value is -3.75. The van der Waals surface area contributed by atoms with Crippen molar-refractivity contribution in [1.82, 2.24) is 9.55 Å². The number of carboxylic acid groups (broad SMARTS) is 1. The molecule has 8 nitrogen and oxygen atoms in total. The SMILES string of the molecule is CCOC(=O)CC(c1cc(Cl)cc(Cl)c1)n1ccc2cc(OCCc3ccc4c(n3)N(C(=O)O)CCC4)ccc21. The van der Waals surface area contributed by atoms with Crippen LogP contribution in [0.1, 0.15) is 42.6 Å². The Morgan fingerprint density at radius 2 is 1.88 bits per heavy atom. The van der Waals surface area contributed by atoms with Gasteiger partial charge in [-0.05, 0) is 79.4 Å². The lowest BCUT2D eigenvalue weighted by molar-refractivity contribution is -0.143. The van der Waals surface area contributed by atoms with Gasteiger partial charge in [0, 0.05) is 45.8 Å². The average molecular weight is 582 g/mol. The first-order valence-corrected chi connectivity index (χ1v) is 13.9. The first-order chi connectivity index (χ1) is 19.3. The Morgan fingerprint density at radius 1 is 1.07 bits per heavy atom. The average Bonchev–Trinajstić information content (AvgIpc) is 3.34. The molecular formula is C30H29Cl2N3O5. The van der Waals surface area contributed by atoms with E-state index in [1.54, 1.807) is 13.0 Å². The second-order valence-corrected chi connectivity index (χ2v) is 10.5. The molecule has 0 spiro atoms. The van der Waals surface area contributed by atoms with Crippen LogP contribution in [0.2, 0.25) is 10.0 Å². The minimum absolute atomic E-state index is 0.125. The van der Waals surface area contributed by atoms with Gasteiger partial charge in [0.2, 0.25) is 0 Å². The number of fused-ring (bicyclic) bond motifs is 2. The number of hydrogen-bond acceptors (Lipinski definition) is 5. The van der Waals surface area contributed by atoms with E-state index in [9.17, 15) is 14.7 Å². The van der Waals surface area contributed by atoms with Crippen LogP contribution in [0, 0.1) is 0 Å². The highest BCUT2D eigenvalue weighted by molar-refractivity contribution is 6.34. The number of esters is 1. The van der Waals surface area contributed by atoms with Crippen LogP contribution in [0.5, 0.6) is 5.75 Å². The molecule has 0 saturated heterocycles. The second-order valence-electron chi connectivity index (χ2n) is 9.59. The molecule has 0 bridgehead atoms. The topological polar surface area (TPSA) is 93.9 Å². The van der Waals surface area contributed by atoms with Gasteiger partial charge in [0.05, 0.1) is 25.7 Å². The van der Waals surface area contributed by atoms with Gasteiger partial charge in [0.1, 0.15) is 11.6 Å². The lowest BCUT2D eigenvalue weighted by Gasteiger charge is -2.26. The summed E-state index contributed by atoms with van der Waals surface area (Å²) in [4.78, 5) is 30.0. The highest BCUT2D eigenvalue weighted by Crippen LogP contribution is 2.33. The van der Waals surface area contributed by atoms with Gasteiger partial charge in [-0.3, -0.25) is 9.69 Å². The molecule has 1 amide bonds. The molecule has 2 aromatic heterocycles. The highest BCUT2D eigenvalue weighted by Gasteiger charge is 2.24. The normalized spacial score (nSPS) is 13.6. The van der Waals surface area contributed by atoms with E-state index in [1.165, 1.54) is 4.90 Å². The maximum Gasteiger partial charge on any atom is 0.413 e. The summed E-state index contributed by atoms with van der Waals surface area (Å²) in [7, 11) is 0. The van der Waals surface area contributed by atoms with Crippen LogP contribution in [0.3, 0.4) is 0 Å². The standard InChI is InChI=1S/C30H29Cl2N3O5/c1-2-39-28(36)18-27(21-14-22(31)17-23(32)15-21)34-12-9-20-16-25(7-8-26(20)34)40-13-10-24-6-5-19-4-3-11-35(30(37)38)29(19)33-24/h5-9,12,14-17,27H,2-4,10-11,13,18H2,1H3,(H,37,38). The van der Waals surface area contributed by atoms with E-state index in [-0.39, 0.29) is 18.4 Å². The second kappa shape index (κ2) is 12.2. The van der Waals surface area contributed by atoms with Crippen LogP contribution >= 0.6 is 23.2 Å². The number of aromatic nitrogens is 2. The van der Waals surface area contributed by atoms with Gasteiger partial charge in [-0.2, -0.15) is 0 Å². The monoisotopic (exact) mass is 581 g/mol. The molecular weight excluding hydrogens is 553 g/mol. The van der Waals surface area contributed by atoms with Gasteiger partial charge in [-0.1, -0.05) is 29.3 Å². The Kier molecular flexibility index (Phi) is 8.47. The maximum absolute atomic E-state index is 12.5. The lowest BCUT2D eigenvalue weighted by Crippen LogP contribution is -2.35. The van der Waals surface area contributed by atoms with Crippen molar-refractivity contribution < 1.29 is 24.2 Å². The molecule has 1 aliphatic heterocycles. The summed E-state index contributed by atoms with van der Waals surface area (Å²) >= 11 is 12.6. The van der Waals surface area contributed by atoms with Crippen molar-refractivity contribution >= 4 is 52.0 Å². The number of anilines is 1. The Morgan fingerprint density at radius 3 is 2.62 bits per heavy atom. The zero-order chi connectivity index (χ0) is 28.2. The van der Waals surface area contributed by atoms with Crippen molar-refractivity contribution in [1.29, 1.82) is 0 Å². The molecule has 0 radical (unpaired) electrons. The molecule has 1 atom stereocenters. The van der Waals surface area contributed by atoms with Crippen LogP contribution in [-0.4, -0.2) is 46.5 Å². The maximum atomic E-state index is 12.5. The summed E-state index contributed by atoms with van der Waals surface area (Å²) in [6.07, 6.45) is 3.23. The van der Waals surface area contributed by atoms with Crippen LogP contribution in [0.4, 0.5) is 10.6 Å². The summed E-state index contributed by atoms with van der Waals surface area (Å²) < 4.78 is 13.3. The molecule has 0 saturated carbocycles. The lowest BCUT2D eigenvalue weighted by atomic mass is 10.0. The fourth-order valence-corrected chi connectivity index (χ4v) is 5.65. The number of carbonyl (C=O) groups excluding carboxylic acids is 1. The van der Waals surface area contributed by atoms with Crippen molar-refractivity contribution in [3.63, 3.8) is 0 Å². The number of aryl methyl sites for hydroxylation is 1. The van der Waals surface area contributed by atoms with E-state index in [0.29, 0.717) is 47.8 Å². The molecule has 0 aliphatic carbocycles. The quantitative estimate of drug-likeness (QED) is 0.215. The zero-order valence-electron chi connectivity index (χ0n) is 22.0. The molecule has 208 valence electrons. The van der Waals surface area contributed by atoms with Gasteiger partial charge in [0.15, 0.2) is 0 Å². The van der Waals surface area contributed by atoms with E-state index >= 15 is 0 Å². The molecule has 5 rings (SSSR count). The molecule has 0 fully saturated rings. The largest absolute Gasteiger partial charge is 0.493 e. The number of ether oxygens (including phenoxy) is 2. The summed E-state index contributed by atoms with van der Waals surface area (Å²) in [5, 5.41) is 11.4. The minimum Gasteiger partial charge on any atom is -0.493 e. The van der Waals surface area contributed by atoms with Crippen molar-refractivity contribution in [3.8, 4) is 5.75 Å². The Labute approximate surface area is 242 Å². The number of carbonyl (C=O) groups is 2. The summed E-state index contributed by atoms with van der Waals surface area (Å²) in [5.74, 6) is 0.910. The van der Waals surface area contributed by atoms with Gasteiger partial charge >= 0.3 is 12.1 Å². The van der Waals surface area contributed by atoms with Gasteiger partial charge < -0.3 is 19.1 Å². The van der Waals surface area contributed by atoms with E-state index in [0.717, 1.165) is 40.6 Å². The van der Waals surface area contributed by atoms with E-state index < -0.39 is 6.09 Å². The third kappa shape index (κ3) is 6.18. The summed E-state index contributed by atoms with van der Waals surface area (Å²) in [6, 6.07) is 16.6. The fraction of sp³-hybridized carbons (Fsp3) is 0.300. The number of amides is 1. The molecule has 1 aliphatic rings. The number of rotatable bonds is 9. The highest BCUT2D eigenvalue weighted by atomic mass is 35.5. The molecule has 1 N–H and O–H groups in total. The van der Waals surface area contributed by atoms with Crippen LogP contribution in [-0.2, 0) is 22.4 Å². The van der Waals surface area contributed by atoms with Gasteiger partial charge in [0.25, 0.3) is 0 Å². The van der Waals surface area contributed by atoms with Crippen molar-refractivity contribution in [2.45, 2.75) is 38.6 Å². The molecule has 2 aromatic carbocycles. The van der Waals surface area contributed by atoms with Crippen molar-refractivity contribution in [2.75, 3.05) is 24.7 Å². The predicted molar refractivity (Wildman–Crippen MR) is 155 cm³/mol. The smallest absolute Gasteiger partial charge is 0.413 e. The molecule has 1 unspecified atom stereocenters. The van der Waals surface area contributed by atoms with Gasteiger partial charge in [-0.25, -0.2) is 9.78 Å². The molecule has 40 heavy (non-hydrogen) atoms. The minimum atomic E-state index is -0.981. The first-order valence-electron chi connectivity index (χ1n) is 13.2. The Bertz CT molecular complexity index is 1530. The van der Waals surface area contributed by atoms with Crippen LogP contribution in [0.15, 0.2) is 60.8 Å². The van der Waals surface area contributed by atoms with Crippen LogP contribution < -0.4 is 9.64 Å². The molecule has 10 heteroatoms. The summed E-state index contributed by atoms with van der Waals surface area (Å²) in [5.41, 5.74) is 3.46. The number of halogens is 2. The van der Waals surface area contributed by atoms with E-state index in [1.807, 2.05) is 59.3 Å². The third-order valence-corrected chi connectivity index (χ3v) is 7.35. The molecule has 4 aromatic rings. The first kappa shape index (κ1) is 27.8. The van der Waals surface area contributed by atoms with Crippen molar-refractivity contribution in [2.24, 2.45) is 0 Å². The van der Waals surface area contributed by atoms with Crippen molar-refractivity contribution in [3.05, 3.63) is 87.7 Å².